The van der Waals surface area contributed by atoms with Gasteiger partial charge in [-0.15, -0.1) is 13.2 Å². The van der Waals surface area contributed by atoms with Crippen LogP contribution in [0.4, 0.5) is 36.8 Å². The zero-order valence-electron chi connectivity index (χ0n) is 21.0. The molecule has 1 aromatic heterocycles. The first-order valence-corrected chi connectivity index (χ1v) is 11.6. The van der Waals surface area contributed by atoms with E-state index in [1.165, 1.54) is 30.0 Å². The van der Waals surface area contributed by atoms with Gasteiger partial charge in [-0.2, -0.15) is 13.2 Å². The number of carbonyl (C=O) groups excluding carboxylic acids is 1. The van der Waals surface area contributed by atoms with Crippen molar-refractivity contribution in [1.29, 1.82) is 0 Å². The zero-order chi connectivity index (χ0) is 27.8. The van der Waals surface area contributed by atoms with Crippen LogP contribution >= 0.6 is 0 Å². The molecule has 0 unspecified atom stereocenters. The van der Waals surface area contributed by atoms with Crippen LogP contribution in [0.15, 0.2) is 36.5 Å². The van der Waals surface area contributed by atoms with E-state index in [1.807, 2.05) is 25.9 Å². The van der Waals surface area contributed by atoms with Gasteiger partial charge in [-0.1, -0.05) is 19.1 Å². The molecule has 1 saturated carbocycles. The lowest BCUT2D eigenvalue weighted by Gasteiger charge is -2.50. The monoisotopic (exact) mass is 532 g/mol. The Bertz CT molecular complexity index is 1120. The van der Waals surface area contributed by atoms with Crippen molar-refractivity contribution in [3.8, 4) is 5.75 Å². The Morgan fingerprint density at radius 1 is 1.08 bits per heavy atom. The van der Waals surface area contributed by atoms with Gasteiger partial charge in [0, 0.05) is 12.1 Å². The van der Waals surface area contributed by atoms with Crippen molar-refractivity contribution < 1.29 is 35.9 Å². The highest BCUT2D eigenvalue weighted by atomic mass is 19.4. The number of hydrogen-bond donors (Lipinski definition) is 1. The van der Waals surface area contributed by atoms with Crippen molar-refractivity contribution in [1.82, 2.24) is 9.88 Å². The van der Waals surface area contributed by atoms with E-state index in [0.717, 1.165) is 12.3 Å². The Balaban J connectivity index is 1.84. The minimum Gasteiger partial charge on any atom is -0.406 e. The van der Waals surface area contributed by atoms with Gasteiger partial charge in [0.1, 0.15) is 11.4 Å². The average Bonchev–Trinajstić information content (AvgIpc) is 2.76. The van der Waals surface area contributed by atoms with E-state index in [9.17, 15) is 31.1 Å². The zero-order valence-corrected chi connectivity index (χ0v) is 21.0. The number of urea groups is 1. The number of nitrogens with two attached hydrogens (primary N) is 1. The molecular formula is C25H30F6N4O2. The first kappa shape index (κ1) is 28.5. The number of hydrogen-bond acceptors (Lipinski definition) is 4. The number of benzene rings is 1. The molecule has 1 aliphatic carbocycles. The van der Waals surface area contributed by atoms with Crippen LogP contribution in [0, 0.1) is 12.3 Å². The summed E-state index contributed by atoms with van der Waals surface area (Å²) in [7, 11) is 3.71. The van der Waals surface area contributed by atoms with Crippen molar-refractivity contribution in [2.75, 3.05) is 25.5 Å². The summed E-state index contributed by atoms with van der Waals surface area (Å²) in [5.41, 5.74) is 4.62. The van der Waals surface area contributed by atoms with Gasteiger partial charge in [0.25, 0.3) is 0 Å². The lowest BCUT2D eigenvalue weighted by Crippen LogP contribution is -2.50. The lowest BCUT2D eigenvalue weighted by molar-refractivity contribution is -0.274. The molecule has 0 saturated heterocycles. The topological polar surface area (TPSA) is 71.7 Å². The number of primary amides is 1. The fraction of sp³-hybridized carbons (Fsp3) is 0.520. The molecule has 0 spiro atoms. The van der Waals surface area contributed by atoms with Gasteiger partial charge >= 0.3 is 18.6 Å². The van der Waals surface area contributed by atoms with Crippen LogP contribution < -0.4 is 15.4 Å². The van der Waals surface area contributed by atoms with Crippen molar-refractivity contribution in [3.63, 3.8) is 0 Å². The third kappa shape index (κ3) is 6.46. The van der Waals surface area contributed by atoms with Gasteiger partial charge in [0.05, 0.1) is 11.9 Å². The highest BCUT2D eigenvalue weighted by Gasteiger charge is 2.45. The highest BCUT2D eigenvalue weighted by molar-refractivity contribution is 5.91. The molecule has 3 rings (SSSR count). The number of nitrogens with zero attached hydrogens (tertiary/aromatic N) is 3. The molecule has 0 radical (unpaired) electrons. The lowest BCUT2D eigenvalue weighted by atomic mass is 9.65. The van der Waals surface area contributed by atoms with Crippen LogP contribution in [-0.2, 0) is 11.7 Å². The standard InChI is InChI=1S/C25H30F6N4O2/c1-16-12-20(24(26,27)28)33-14-19(16)35(21(32)36)15-22(2)8-10-23(11-9-22,34(3)4)17-6-5-7-18(13-17)37-25(29,30)31/h5-7,12-14H,8-11,15H2,1-4H3,(H2,32,36)/t22-,23-. The van der Waals surface area contributed by atoms with Crippen LogP contribution in [0.25, 0.3) is 0 Å². The molecule has 1 aliphatic rings. The summed E-state index contributed by atoms with van der Waals surface area (Å²) >= 11 is 0. The molecule has 2 amide bonds. The molecule has 1 fully saturated rings. The fourth-order valence-electron chi connectivity index (χ4n) is 5.05. The SMILES string of the molecule is Cc1cc(C(F)(F)F)ncc1N(C[C@]1(C)CC[C@@](c2cccc(OC(F)(F)F)c2)(N(C)C)CC1)C(N)=O. The van der Waals surface area contributed by atoms with Crippen molar-refractivity contribution in [2.45, 2.75) is 57.6 Å². The van der Waals surface area contributed by atoms with Crippen LogP contribution in [0.2, 0.25) is 0 Å². The van der Waals surface area contributed by atoms with E-state index in [0.29, 0.717) is 31.2 Å². The summed E-state index contributed by atoms with van der Waals surface area (Å²) in [5.74, 6) is -0.301. The van der Waals surface area contributed by atoms with Gasteiger partial charge in [-0.05, 0) is 81.4 Å². The Kier molecular flexibility index (Phi) is 7.74. The van der Waals surface area contributed by atoms with E-state index in [-0.39, 0.29) is 23.5 Å². The van der Waals surface area contributed by atoms with E-state index < -0.39 is 35.2 Å². The summed E-state index contributed by atoms with van der Waals surface area (Å²) in [6.07, 6.45) is -6.15. The number of alkyl halides is 6. The molecule has 204 valence electrons. The van der Waals surface area contributed by atoms with Gasteiger partial charge in [-0.3, -0.25) is 9.80 Å². The number of pyridine rings is 1. The summed E-state index contributed by atoms with van der Waals surface area (Å²) in [6.45, 7) is 3.56. The minimum atomic E-state index is -4.81. The van der Waals surface area contributed by atoms with Crippen molar-refractivity contribution in [3.05, 3.63) is 53.3 Å². The van der Waals surface area contributed by atoms with E-state index in [1.54, 1.807) is 6.07 Å². The minimum absolute atomic E-state index is 0.150. The predicted octanol–water partition coefficient (Wildman–Crippen LogP) is 6.23. The van der Waals surface area contributed by atoms with Crippen molar-refractivity contribution >= 4 is 11.7 Å². The number of ether oxygens (including phenoxy) is 1. The molecule has 1 heterocycles. The van der Waals surface area contributed by atoms with E-state index in [2.05, 4.69) is 9.72 Å². The molecule has 1 aromatic carbocycles. The third-order valence-corrected chi connectivity index (χ3v) is 7.22. The second-order valence-corrected chi connectivity index (χ2v) is 10.1. The highest BCUT2D eigenvalue weighted by Crippen LogP contribution is 2.49. The largest absolute Gasteiger partial charge is 0.573 e. The fourth-order valence-corrected chi connectivity index (χ4v) is 5.05. The first-order chi connectivity index (χ1) is 17.0. The quantitative estimate of drug-likeness (QED) is 0.448. The number of rotatable bonds is 6. The maximum atomic E-state index is 13.0. The molecule has 6 nitrogen and oxygen atoms in total. The number of halogens is 6. The van der Waals surface area contributed by atoms with Crippen LogP contribution in [0.3, 0.4) is 0 Å². The summed E-state index contributed by atoms with van der Waals surface area (Å²) in [4.78, 5) is 19.0. The molecule has 12 heteroatoms. The van der Waals surface area contributed by atoms with Gasteiger partial charge in [0.15, 0.2) is 0 Å². The molecule has 0 atom stereocenters. The second-order valence-electron chi connectivity index (χ2n) is 10.1. The molecule has 2 N–H and O–H groups in total. The van der Waals surface area contributed by atoms with Gasteiger partial charge in [-0.25, -0.2) is 9.78 Å². The number of aromatic nitrogens is 1. The number of amides is 2. The first-order valence-electron chi connectivity index (χ1n) is 11.6. The summed E-state index contributed by atoms with van der Waals surface area (Å²) in [6, 6.07) is 5.99. The number of aryl methyl sites for hydroxylation is 1. The maximum absolute atomic E-state index is 13.0. The Morgan fingerprint density at radius 2 is 1.70 bits per heavy atom. The Morgan fingerprint density at radius 3 is 2.19 bits per heavy atom. The predicted molar refractivity (Wildman–Crippen MR) is 126 cm³/mol. The Hall–Kier alpha value is -3.02. The van der Waals surface area contributed by atoms with Crippen LogP contribution in [0.5, 0.6) is 5.75 Å². The van der Waals surface area contributed by atoms with Crippen molar-refractivity contribution in [2.24, 2.45) is 11.1 Å². The Labute approximate surface area is 211 Å². The average molecular weight is 533 g/mol. The van der Waals surface area contributed by atoms with Crippen LogP contribution in [0.1, 0.15) is 49.4 Å². The molecule has 37 heavy (non-hydrogen) atoms. The second kappa shape index (κ2) is 10.0. The van der Waals surface area contributed by atoms with Gasteiger partial charge in [0.2, 0.25) is 0 Å². The molecule has 0 bridgehead atoms. The smallest absolute Gasteiger partial charge is 0.406 e. The van der Waals surface area contributed by atoms with E-state index >= 15 is 0 Å². The normalized spacial score (nSPS) is 22.7. The molecule has 2 aromatic rings. The maximum Gasteiger partial charge on any atom is 0.573 e. The molecular weight excluding hydrogens is 502 g/mol. The van der Waals surface area contributed by atoms with E-state index in [4.69, 9.17) is 5.73 Å². The number of anilines is 1. The summed E-state index contributed by atoms with van der Waals surface area (Å²) in [5, 5.41) is 0. The van der Waals surface area contributed by atoms with Crippen LogP contribution in [-0.4, -0.2) is 42.9 Å². The molecule has 0 aliphatic heterocycles. The van der Waals surface area contributed by atoms with Gasteiger partial charge < -0.3 is 10.5 Å². The summed E-state index contributed by atoms with van der Waals surface area (Å²) < 4.78 is 81.6. The number of carbonyl (C=O) groups is 1. The third-order valence-electron chi connectivity index (χ3n) is 7.22.